The molecule has 2 unspecified atom stereocenters. The molecule has 0 radical (unpaired) electrons. The van der Waals surface area contributed by atoms with Gasteiger partial charge in [0, 0.05) is 30.1 Å². The van der Waals surface area contributed by atoms with Crippen LogP contribution in [-0.2, 0) is 12.8 Å². The Bertz CT molecular complexity index is 909. The van der Waals surface area contributed by atoms with Gasteiger partial charge in [0.25, 0.3) is 0 Å². The van der Waals surface area contributed by atoms with Gasteiger partial charge in [-0.1, -0.05) is 24.6 Å². The lowest BCUT2D eigenvalue weighted by Gasteiger charge is -2.27. The number of fused-ring (bicyclic) bond motifs is 2. The lowest BCUT2D eigenvalue weighted by Crippen LogP contribution is -2.29. The first-order valence-electron chi connectivity index (χ1n) is 9.31. The molecule has 0 aliphatic carbocycles. The molecule has 3 heterocycles. The maximum atomic E-state index is 11.1. The second-order valence-corrected chi connectivity index (χ2v) is 7.98. The van der Waals surface area contributed by atoms with Crippen molar-refractivity contribution in [3.05, 3.63) is 59.0 Å². The summed E-state index contributed by atoms with van der Waals surface area (Å²) in [4.78, 5) is 7.51. The predicted octanol–water partition coefficient (Wildman–Crippen LogP) is 4.29. The zero-order chi connectivity index (χ0) is 18.3. The van der Waals surface area contributed by atoms with E-state index < -0.39 is 5.60 Å². The standard InChI is InChI=1S/C22H26N2O2/c1-14-8-17-5-7-26-21(17)19(9-14)15(2)11-22(3,25)12-18-10-16-4-6-23-13-20(16)24-18/h4,6,8-10,13,15,24-25H,5,7,11-12H2,1-3H3. The topological polar surface area (TPSA) is 58.1 Å². The molecule has 2 aromatic heterocycles. The third kappa shape index (κ3) is 3.34. The molecule has 0 fully saturated rings. The van der Waals surface area contributed by atoms with Gasteiger partial charge in [0.15, 0.2) is 0 Å². The summed E-state index contributed by atoms with van der Waals surface area (Å²) in [5.41, 5.74) is 5.03. The molecule has 2 atom stereocenters. The molecule has 0 amide bonds. The number of aliphatic hydroxyl groups is 1. The largest absolute Gasteiger partial charge is 0.493 e. The zero-order valence-corrected chi connectivity index (χ0v) is 15.7. The summed E-state index contributed by atoms with van der Waals surface area (Å²) in [6.45, 7) is 6.99. The number of hydrogen-bond donors (Lipinski definition) is 2. The van der Waals surface area contributed by atoms with Crippen LogP contribution in [0.3, 0.4) is 0 Å². The van der Waals surface area contributed by atoms with Crippen molar-refractivity contribution in [2.45, 2.75) is 51.6 Å². The highest BCUT2D eigenvalue weighted by Gasteiger charge is 2.28. The molecule has 0 spiro atoms. The van der Waals surface area contributed by atoms with Crippen LogP contribution in [0.1, 0.15) is 48.6 Å². The van der Waals surface area contributed by atoms with E-state index in [1.54, 1.807) is 6.20 Å². The normalized spacial score (nSPS) is 16.9. The van der Waals surface area contributed by atoms with Gasteiger partial charge in [-0.2, -0.15) is 0 Å². The lowest BCUT2D eigenvalue weighted by atomic mass is 9.84. The summed E-state index contributed by atoms with van der Waals surface area (Å²) >= 11 is 0. The molecule has 26 heavy (non-hydrogen) atoms. The van der Waals surface area contributed by atoms with Crippen molar-refractivity contribution in [2.75, 3.05) is 6.61 Å². The van der Waals surface area contributed by atoms with Crippen LogP contribution in [0.15, 0.2) is 36.7 Å². The SMILES string of the molecule is Cc1cc2c(c(C(C)CC(C)(O)Cc3cc4ccncc4[nH]3)c1)OCC2. The minimum absolute atomic E-state index is 0.225. The second kappa shape index (κ2) is 6.44. The Morgan fingerprint density at radius 1 is 1.35 bits per heavy atom. The lowest BCUT2D eigenvalue weighted by molar-refractivity contribution is 0.0443. The Kier molecular flexibility index (Phi) is 4.23. The van der Waals surface area contributed by atoms with E-state index in [1.165, 1.54) is 16.7 Å². The number of benzene rings is 1. The van der Waals surface area contributed by atoms with E-state index in [9.17, 15) is 5.11 Å². The van der Waals surface area contributed by atoms with Crippen LogP contribution < -0.4 is 4.74 Å². The van der Waals surface area contributed by atoms with Crippen LogP contribution in [-0.4, -0.2) is 27.3 Å². The molecule has 1 aliphatic rings. The first-order valence-corrected chi connectivity index (χ1v) is 9.31. The van der Waals surface area contributed by atoms with E-state index in [0.29, 0.717) is 12.8 Å². The Morgan fingerprint density at radius 2 is 2.19 bits per heavy atom. The van der Waals surface area contributed by atoms with Gasteiger partial charge in [0.05, 0.1) is 23.9 Å². The van der Waals surface area contributed by atoms with Crippen molar-refractivity contribution in [1.29, 1.82) is 0 Å². The van der Waals surface area contributed by atoms with E-state index in [4.69, 9.17) is 4.74 Å². The number of nitrogens with zero attached hydrogens (tertiary/aromatic N) is 1. The van der Waals surface area contributed by atoms with Gasteiger partial charge >= 0.3 is 0 Å². The molecule has 4 rings (SSSR count). The fourth-order valence-corrected chi connectivity index (χ4v) is 4.25. The number of H-pyrrole nitrogens is 1. The van der Waals surface area contributed by atoms with Gasteiger partial charge in [-0.05, 0) is 49.4 Å². The van der Waals surface area contributed by atoms with E-state index in [-0.39, 0.29) is 5.92 Å². The third-order valence-electron chi connectivity index (χ3n) is 5.28. The molecular weight excluding hydrogens is 324 g/mol. The number of rotatable bonds is 5. The summed E-state index contributed by atoms with van der Waals surface area (Å²) in [6, 6.07) is 8.51. The smallest absolute Gasteiger partial charge is 0.126 e. The molecule has 1 aliphatic heterocycles. The van der Waals surface area contributed by atoms with Crippen molar-refractivity contribution < 1.29 is 9.84 Å². The fraction of sp³-hybridized carbons (Fsp3) is 0.409. The van der Waals surface area contributed by atoms with Gasteiger partial charge < -0.3 is 14.8 Å². The van der Waals surface area contributed by atoms with Crippen molar-refractivity contribution in [3.63, 3.8) is 0 Å². The molecule has 3 aromatic rings. The molecule has 4 nitrogen and oxygen atoms in total. The number of hydrogen-bond acceptors (Lipinski definition) is 3. The van der Waals surface area contributed by atoms with Crippen LogP contribution in [0.2, 0.25) is 0 Å². The molecule has 0 bridgehead atoms. The van der Waals surface area contributed by atoms with E-state index in [1.807, 2.05) is 19.2 Å². The Morgan fingerprint density at radius 3 is 3.00 bits per heavy atom. The van der Waals surface area contributed by atoms with Crippen LogP contribution in [0.25, 0.3) is 10.9 Å². The van der Waals surface area contributed by atoms with Crippen molar-refractivity contribution in [2.24, 2.45) is 0 Å². The minimum atomic E-state index is -0.803. The fourth-order valence-electron chi connectivity index (χ4n) is 4.25. The summed E-state index contributed by atoms with van der Waals surface area (Å²) in [6.07, 6.45) is 5.86. The number of aromatic amines is 1. The highest BCUT2D eigenvalue weighted by molar-refractivity contribution is 5.79. The van der Waals surface area contributed by atoms with Crippen LogP contribution in [0.4, 0.5) is 0 Å². The van der Waals surface area contributed by atoms with Gasteiger partial charge in [-0.15, -0.1) is 0 Å². The summed E-state index contributed by atoms with van der Waals surface area (Å²) in [5, 5.41) is 12.2. The Labute approximate surface area is 154 Å². The Balaban J connectivity index is 1.54. The third-order valence-corrected chi connectivity index (χ3v) is 5.28. The summed E-state index contributed by atoms with van der Waals surface area (Å²) < 4.78 is 5.88. The van der Waals surface area contributed by atoms with E-state index in [0.717, 1.165) is 35.4 Å². The van der Waals surface area contributed by atoms with E-state index in [2.05, 4.69) is 42.0 Å². The number of aromatic nitrogens is 2. The quantitative estimate of drug-likeness (QED) is 0.721. The number of nitrogens with one attached hydrogen (secondary N) is 1. The maximum Gasteiger partial charge on any atom is 0.126 e. The summed E-state index contributed by atoms with van der Waals surface area (Å²) in [7, 11) is 0. The predicted molar refractivity (Wildman–Crippen MR) is 104 cm³/mol. The highest BCUT2D eigenvalue weighted by Crippen LogP contribution is 2.39. The van der Waals surface area contributed by atoms with Gasteiger partial charge in [0.2, 0.25) is 0 Å². The molecule has 0 saturated carbocycles. The number of aryl methyl sites for hydroxylation is 1. The average molecular weight is 350 g/mol. The monoisotopic (exact) mass is 350 g/mol. The molecule has 0 saturated heterocycles. The van der Waals surface area contributed by atoms with Crippen LogP contribution in [0.5, 0.6) is 5.75 Å². The minimum Gasteiger partial charge on any atom is -0.493 e. The van der Waals surface area contributed by atoms with Gasteiger partial charge in [-0.25, -0.2) is 0 Å². The summed E-state index contributed by atoms with van der Waals surface area (Å²) in [5.74, 6) is 1.26. The Hall–Kier alpha value is -2.33. The molecule has 136 valence electrons. The zero-order valence-electron chi connectivity index (χ0n) is 15.7. The second-order valence-electron chi connectivity index (χ2n) is 7.98. The molecule has 4 heteroatoms. The van der Waals surface area contributed by atoms with E-state index >= 15 is 0 Å². The van der Waals surface area contributed by atoms with Crippen molar-refractivity contribution >= 4 is 10.9 Å². The molecule has 1 aromatic carbocycles. The van der Waals surface area contributed by atoms with Crippen LogP contribution >= 0.6 is 0 Å². The van der Waals surface area contributed by atoms with Crippen molar-refractivity contribution in [3.8, 4) is 5.75 Å². The first-order chi connectivity index (χ1) is 12.4. The first kappa shape index (κ1) is 17.1. The van der Waals surface area contributed by atoms with Gasteiger partial charge in [-0.3, -0.25) is 4.98 Å². The van der Waals surface area contributed by atoms with Crippen molar-refractivity contribution in [1.82, 2.24) is 9.97 Å². The maximum absolute atomic E-state index is 11.1. The van der Waals surface area contributed by atoms with Crippen LogP contribution in [0, 0.1) is 6.92 Å². The number of ether oxygens (including phenoxy) is 1. The van der Waals surface area contributed by atoms with Gasteiger partial charge in [0.1, 0.15) is 5.75 Å². The number of pyridine rings is 1. The molecular formula is C22H26N2O2. The molecule has 2 N–H and O–H groups in total. The average Bonchev–Trinajstić information content (AvgIpc) is 3.18. The highest BCUT2D eigenvalue weighted by atomic mass is 16.5.